The molecular formula is C13H17N3O3. The van der Waals surface area contributed by atoms with E-state index >= 15 is 0 Å². The zero-order valence-electron chi connectivity index (χ0n) is 10.6. The number of benzene rings is 1. The van der Waals surface area contributed by atoms with E-state index in [9.17, 15) is 14.9 Å². The van der Waals surface area contributed by atoms with Crippen LogP contribution in [0.1, 0.15) is 24.8 Å². The molecule has 2 rings (SSSR count). The molecule has 0 bridgehead atoms. The zero-order chi connectivity index (χ0) is 13.7. The lowest BCUT2D eigenvalue weighted by atomic mass is 10.2. The number of non-ortho nitro benzene ring substituents is 1. The van der Waals surface area contributed by atoms with Crippen LogP contribution in [0.15, 0.2) is 24.3 Å². The first-order chi connectivity index (χ1) is 9.15. The van der Waals surface area contributed by atoms with Gasteiger partial charge in [-0.15, -0.1) is 0 Å². The van der Waals surface area contributed by atoms with Gasteiger partial charge in [0.05, 0.1) is 4.92 Å². The fourth-order valence-electron chi connectivity index (χ4n) is 1.70. The molecule has 0 saturated heterocycles. The largest absolute Gasteiger partial charge is 0.353 e. The van der Waals surface area contributed by atoms with Gasteiger partial charge >= 0.3 is 0 Å². The van der Waals surface area contributed by atoms with E-state index in [1.807, 2.05) is 0 Å². The molecule has 0 aliphatic heterocycles. The number of nitro benzene ring substituents is 1. The van der Waals surface area contributed by atoms with Crippen molar-refractivity contribution in [2.45, 2.75) is 31.8 Å². The molecule has 0 atom stereocenters. The van der Waals surface area contributed by atoms with E-state index in [1.165, 1.54) is 12.1 Å². The summed E-state index contributed by atoms with van der Waals surface area (Å²) in [7, 11) is 0. The van der Waals surface area contributed by atoms with Gasteiger partial charge in [-0.1, -0.05) is 12.1 Å². The summed E-state index contributed by atoms with van der Waals surface area (Å²) in [5, 5.41) is 16.5. The van der Waals surface area contributed by atoms with Crippen molar-refractivity contribution in [3.05, 3.63) is 39.9 Å². The lowest BCUT2D eigenvalue weighted by Crippen LogP contribution is -2.28. The average Bonchev–Trinajstić information content (AvgIpc) is 3.19. The molecule has 1 saturated carbocycles. The van der Waals surface area contributed by atoms with Crippen molar-refractivity contribution in [1.82, 2.24) is 10.6 Å². The van der Waals surface area contributed by atoms with E-state index in [2.05, 4.69) is 10.6 Å². The van der Waals surface area contributed by atoms with Crippen LogP contribution >= 0.6 is 0 Å². The quantitative estimate of drug-likeness (QED) is 0.442. The van der Waals surface area contributed by atoms with Crippen molar-refractivity contribution in [3.63, 3.8) is 0 Å². The Morgan fingerprint density at radius 2 is 2.00 bits per heavy atom. The van der Waals surface area contributed by atoms with Crippen molar-refractivity contribution < 1.29 is 9.72 Å². The van der Waals surface area contributed by atoms with E-state index in [1.54, 1.807) is 12.1 Å². The van der Waals surface area contributed by atoms with Gasteiger partial charge in [0.2, 0.25) is 5.91 Å². The molecule has 19 heavy (non-hydrogen) atoms. The maximum atomic E-state index is 11.4. The monoisotopic (exact) mass is 263 g/mol. The van der Waals surface area contributed by atoms with Crippen LogP contribution in [0.2, 0.25) is 0 Å². The number of amides is 1. The van der Waals surface area contributed by atoms with E-state index < -0.39 is 4.92 Å². The van der Waals surface area contributed by atoms with Crippen LogP contribution in [0.4, 0.5) is 5.69 Å². The van der Waals surface area contributed by atoms with Crippen LogP contribution in [0.3, 0.4) is 0 Å². The summed E-state index contributed by atoms with van der Waals surface area (Å²) in [4.78, 5) is 21.5. The van der Waals surface area contributed by atoms with Crippen molar-refractivity contribution in [2.75, 3.05) is 6.54 Å². The Hall–Kier alpha value is -1.95. The van der Waals surface area contributed by atoms with E-state index in [0.29, 0.717) is 25.6 Å². The first-order valence-corrected chi connectivity index (χ1v) is 6.38. The van der Waals surface area contributed by atoms with Gasteiger partial charge in [-0.2, -0.15) is 0 Å². The lowest BCUT2D eigenvalue weighted by molar-refractivity contribution is -0.384. The molecule has 6 nitrogen and oxygen atoms in total. The van der Waals surface area contributed by atoms with Crippen LogP contribution < -0.4 is 10.6 Å². The molecule has 0 radical (unpaired) electrons. The molecule has 1 aliphatic carbocycles. The maximum Gasteiger partial charge on any atom is 0.269 e. The molecule has 2 N–H and O–H groups in total. The molecule has 0 spiro atoms. The van der Waals surface area contributed by atoms with Crippen molar-refractivity contribution in [2.24, 2.45) is 0 Å². The fourth-order valence-corrected chi connectivity index (χ4v) is 1.70. The van der Waals surface area contributed by atoms with Crippen LogP contribution in [0.25, 0.3) is 0 Å². The van der Waals surface area contributed by atoms with Crippen molar-refractivity contribution in [3.8, 4) is 0 Å². The molecule has 6 heteroatoms. The Balaban J connectivity index is 1.64. The Morgan fingerprint density at radius 3 is 2.58 bits per heavy atom. The predicted molar refractivity (Wildman–Crippen MR) is 70.6 cm³/mol. The van der Waals surface area contributed by atoms with Gasteiger partial charge in [0.1, 0.15) is 0 Å². The molecule has 1 fully saturated rings. The second-order valence-electron chi connectivity index (χ2n) is 4.69. The van der Waals surface area contributed by atoms with Crippen LogP contribution in [0, 0.1) is 10.1 Å². The summed E-state index contributed by atoms with van der Waals surface area (Å²) in [5.74, 6) is 0.0821. The van der Waals surface area contributed by atoms with Crippen molar-refractivity contribution >= 4 is 11.6 Å². The summed E-state index contributed by atoms with van der Waals surface area (Å²) in [6, 6.07) is 6.81. The van der Waals surface area contributed by atoms with Gasteiger partial charge in [0.25, 0.3) is 5.69 Å². The normalized spacial score (nSPS) is 14.1. The Kier molecular flexibility index (Phi) is 4.46. The number of nitrogens with one attached hydrogen (secondary N) is 2. The summed E-state index contributed by atoms with van der Waals surface area (Å²) in [6.45, 7) is 1.21. The molecule has 1 amide bonds. The first-order valence-electron chi connectivity index (χ1n) is 6.38. The van der Waals surface area contributed by atoms with E-state index in [4.69, 9.17) is 0 Å². The zero-order valence-corrected chi connectivity index (χ0v) is 10.6. The Bertz CT molecular complexity index is 455. The van der Waals surface area contributed by atoms with Gasteiger partial charge < -0.3 is 10.6 Å². The summed E-state index contributed by atoms with van der Waals surface area (Å²) < 4.78 is 0. The summed E-state index contributed by atoms with van der Waals surface area (Å²) in [6.07, 6.45) is 2.66. The number of nitro groups is 1. The highest BCUT2D eigenvalue weighted by Crippen LogP contribution is 2.18. The van der Waals surface area contributed by atoms with Gasteiger partial charge in [-0.25, -0.2) is 0 Å². The number of nitrogens with zero attached hydrogens (tertiary/aromatic N) is 1. The Labute approximate surface area is 111 Å². The second kappa shape index (κ2) is 6.29. The number of carbonyl (C=O) groups is 1. The third-order valence-electron chi connectivity index (χ3n) is 2.95. The second-order valence-corrected chi connectivity index (χ2v) is 4.69. The minimum atomic E-state index is -0.417. The van der Waals surface area contributed by atoms with E-state index in [-0.39, 0.29) is 11.6 Å². The maximum absolute atomic E-state index is 11.4. The molecule has 0 aromatic heterocycles. The number of hydrogen-bond acceptors (Lipinski definition) is 4. The van der Waals surface area contributed by atoms with E-state index in [0.717, 1.165) is 18.4 Å². The molecule has 1 aromatic rings. The van der Waals surface area contributed by atoms with Crippen molar-refractivity contribution in [1.29, 1.82) is 0 Å². The molecule has 0 unspecified atom stereocenters. The predicted octanol–water partition coefficient (Wildman–Crippen LogP) is 1.35. The molecule has 1 aromatic carbocycles. The molecule has 102 valence electrons. The lowest BCUT2D eigenvalue weighted by Gasteiger charge is -2.05. The number of rotatable bonds is 7. The highest BCUT2D eigenvalue weighted by molar-refractivity contribution is 5.76. The highest BCUT2D eigenvalue weighted by atomic mass is 16.6. The van der Waals surface area contributed by atoms with Crippen LogP contribution in [0.5, 0.6) is 0 Å². The SMILES string of the molecule is O=C(CCNCc1ccc([N+](=O)[O-])cc1)NC1CC1. The summed E-state index contributed by atoms with van der Waals surface area (Å²) in [5.41, 5.74) is 1.06. The first kappa shape index (κ1) is 13.5. The van der Waals surface area contributed by atoms with Gasteiger partial charge in [0, 0.05) is 37.7 Å². The minimum absolute atomic E-state index is 0.0821. The van der Waals surface area contributed by atoms with Crippen LogP contribution in [-0.4, -0.2) is 23.4 Å². The minimum Gasteiger partial charge on any atom is -0.353 e. The average molecular weight is 263 g/mol. The van der Waals surface area contributed by atoms with Gasteiger partial charge in [-0.05, 0) is 18.4 Å². The molecular weight excluding hydrogens is 246 g/mol. The fraction of sp³-hybridized carbons (Fsp3) is 0.462. The molecule has 1 aliphatic rings. The summed E-state index contributed by atoms with van der Waals surface area (Å²) >= 11 is 0. The Morgan fingerprint density at radius 1 is 1.32 bits per heavy atom. The number of carbonyl (C=O) groups excluding carboxylic acids is 1. The smallest absolute Gasteiger partial charge is 0.269 e. The highest BCUT2D eigenvalue weighted by Gasteiger charge is 2.22. The van der Waals surface area contributed by atoms with Gasteiger partial charge in [0.15, 0.2) is 0 Å². The number of hydrogen-bond donors (Lipinski definition) is 2. The van der Waals surface area contributed by atoms with Crippen LogP contribution in [-0.2, 0) is 11.3 Å². The third-order valence-corrected chi connectivity index (χ3v) is 2.95. The molecule has 0 heterocycles. The standard InChI is InChI=1S/C13H17N3O3/c17-13(15-11-3-4-11)7-8-14-9-10-1-5-12(6-2-10)16(18)19/h1-2,5-6,11,14H,3-4,7-9H2,(H,15,17). The third kappa shape index (κ3) is 4.67. The topological polar surface area (TPSA) is 84.3 Å². The van der Waals surface area contributed by atoms with Gasteiger partial charge in [-0.3, -0.25) is 14.9 Å².